The molecule has 0 aliphatic carbocycles. The number of aromatic nitrogens is 2. The van der Waals surface area contributed by atoms with Crippen molar-refractivity contribution in [1.82, 2.24) is 9.97 Å². The molecular weight excluding hydrogens is 274 g/mol. The number of benzene rings is 1. The first kappa shape index (κ1) is 14.2. The van der Waals surface area contributed by atoms with Crippen LogP contribution in [0.3, 0.4) is 0 Å². The summed E-state index contributed by atoms with van der Waals surface area (Å²) in [5.41, 5.74) is 5.10. The number of hydrogen-bond donors (Lipinski definition) is 1. The maximum absolute atomic E-state index is 12.6. The minimum atomic E-state index is -0.149. The van der Waals surface area contributed by atoms with Crippen molar-refractivity contribution < 1.29 is 4.79 Å². The third kappa shape index (κ3) is 2.68. The Bertz CT molecular complexity index is 871. The molecule has 2 aromatic heterocycles. The second-order valence-electron chi connectivity index (χ2n) is 5.46. The summed E-state index contributed by atoms with van der Waals surface area (Å²) in [5.74, 6) is -0.149. The van der Waals surface area contributed by atoms with E-state index in [1.54, 1.807) is 12.4 Å². The van der Waals surface area contributed by atoms with Gasteiger partial charge in [-0.05, 0) is 50.1 Å². The second kappa shape index (κ2) is 5.56. The van der Waals surface area contributed by atoms with Gasteiger partial charge in [0.15, 0.2) is 0 Å². The highest BCUT2D eigenvalue weighted by atomic mass is 16.1. The first-order valence-corrected chi connectivity index (χ1v) is 7.14. The number of anilines is 1. The maximum Gasteiger partial charge on any atom is 0.257 e. The van der Waals surface area contributed by atoms with Crippen LogP contribution >= 0.6 is 0 Å². The summed E-state index contributed by atoms with van der Waals surface area (Å²) in [6.45, 7) is 5.83. The molecule has 3 aromatic rings. The van der Waals surface area contributed by atoms with Crippen LogP contribution in [-0.2, 0) is 0 Å². The molecule has 4 heteroatoms. The summed E-state index contributed by atoms with van der Waals surface area (Å²) in [6.07, 6.45) is 3.42. The molecule has 0 aliphatic rings. The zero-order valence-corrected chi connectivity index (χ0v) is 12.8. The summed E-state index contributed by atoms with van der Waals surface area (Å²) < 4.78 is 0. The summed E-state index contributed by atoms with van der Waals surface area (Å²) in [6, 6.07) is 9.68. The van der Waals surface area contributed by atoms with Crippen molar-refractivity contribution in [3.8, 4) is 0 Å². The van der Waals surface area contributed by atoms with Gasteiger partial charge >= 0.3 is 0 Å². The van der Waals surface area contributed by atoms with Crippen molar-refractivity contribution >= 4 is 22.5 Å². The Hall–Kier alpha value is -2.75. The number of amides is 1. The Morgan fingerprint density at radius 2 is 1.91 bits per heavy atom. The molecule has 3 rings (SSSR count). The molecule has 0 bridgehead atoms. The van der Waals surface area contributed by atoms with E-state index in [9.17, 15) is 4.79 Å². The highest BCUT2D eigenvalue weighted by Gasteiger charge is 2.13. The zero-order chi connectivity index (χ0) is 15.7. The summed E-state index contributed by atoms with van der Waals surface area (Å²) >= 11 is 0. The van der Waals surface area contributed by atoms with Crippen molar-refractivity contribution in [2.75, 3.05) is 5.32 Å². The smallest absolute Gasteiger partial charge is 0.257 e. The average Bonchev–Trinajstić information content (AvgIpc) is 2.50. The molecule has 0 saturated heterocycles. The Balaban J connectivity index is 1.98. The first-order chi connectivity index (χ1) is 10.5. The van der Waals surface area contributed by atoms with E-state index in [0.29, 0.717) is 11.3 Å². The molecule has 22 heavy (non-hydrogen) atoms. The number of carbonyl (C=O) groups is 1. The van der Waals surface area contributed by atoms with Crippen LogP contribution in [0.2, 0.25) is 0 Å². The SMILES string of the molecule is Cc1ccc(C)c(NC(=O)c2cc3cnccc3nc2C)c1. The molecule has 0 spiro atoms. The lowest BCUT2D eigenvalue weighted by molar-refractivity contribution is 0.102. The van der Waals surface area contributed by atoms with Crippen LogP contribution in [-0.4, -0.2) is 15.9 Å². The molecule has 0 aliphatic heterocycles. The van der Waals surface area contributed by atoms with E-state index in [4.69, 9.17) is 0 Å². The molecule has 0 radical (unpaired) electrons. The number of rotatable bonds is 2. The van der Waals surface area contributed by atoms with Gasteiger partial charge in [0.25, 0.3) is 5.91 Å². The van der Waals surface area contributed by atoms with Gasteiger partial charge in [0.1, 0.15) is 0 Å². The van der Waals surface area contributed by atoms with Gasteiger partial charge in [-0.25, -0.2) is 0 Å². The molecular formula is C18H17N3O. The monoisotopic (exact) mass is 291 g/mol. The van der Waals surface area contributed by atoms with E-state index in [1.807, 2.05) is 51.1 Å². The zero-order valence-electron chi connectivity index (χ0n) is 12.8. The molecule has 0 saturated carbocycles. The molecule has 2 heterocycles. The second-order valence-corrected chi connectivity index (χ2v) is 5.46. The Labute approximate surface area is 129 Å². The fraction of sp³-hybridized carbons (Fsp3) is 0.167. The number of nitrogens with one attached hydrogen (secondary N) is 1. The molecule has 1 aromatic carbocycles. The molecule has 110 valence electrons. The quantitative estimate of drug-likeness (QED) is 0.781. The average molecular weight is 291 g/mol. The predicted octanol–water partition coefficient (Wildman–Crippen LogP) is 3.81. The van der Waals surface area contributed by atoms with Crippen LogP contribution in [0.15, 0.2) is 42.7 Å². The van der Waals surface area contributed by atoms with Crippen LogP contribution in [0.4, 0.5) is 5.69 Å². The van der Waals surface area contributed by atoms with E-state index in [1.165, 1.54) is 0 Å². The van der Waals surface area contributed by atoms with Gasteiger partial charge in [0.05, 0.1) is 16.8 Å². The van der Waals surface area contributed by atoms with Crippen molar-refractivity contribution in [1.29, 1.82) is 0 Å². The number of hydrogen-bond acceptors (Lipinski definition) is 3. The van der Waals surface area contributed by atoms with Crippen molar-refractivity contribution in [3.05, 3.63) is 65.1 Å². The largest absolute Gasteiger partial charge is 0.322 e. The van der Waals surface area contributed by atoms with Crippen molar-refractivity contribution in [2.45, 2.75) is 20.8 Å². The van der Waals surface area contributed by atoms with Crippen molar-refractivity contribution in [2.24, 2.45) is 0 Å². The van der Waals surface area contributed by atoms with E-state index in [2.05, 4.69) is 15.3 Å². The summed E-state index contributed by atoms with van der Waals surface area (Å²) in [7, 11) is 0. The fourth-order valence-corrected chi connectivity index (χ4v) is 2.40. The minimum Gasteiger partial charge on any atom is -0.322 e. The highest BCUT2D eigenvalue weighted by molar-refractivity contribution is 6.07. The topological polar surface area (TPSA) is 54.9 Å². The van der Waals surface area contributed by atoms with E-state index in [-0.39, 0.29) is 5.91 Å². The fourth-order valence-electron chi connectivity index (χ4n) is 2.40. The number of fused-ring (bicyclic) bond motifs is 1. The van der Waals surface area contributed by atoms with Gasteiger partial charge in [-0.2, -0.15) is 0 Å². The Morgan fingerprint density at radius 1 is 1.09 bits per heavy atom. The predicted molar refractivity (Wildman–Crippen MR) is 88.1 cm³/mol. The molecule has 0 atom stereocenters. The third-order valence-corrected chi connectivity index (χ3v) is 3.69. The number of pyridine rings is 2. The van der Waals surface area contributed by atoms with E-state index in [0.717, 1.165) is 27.7 Å². The first-order valence-electron chi connectivity index (χ1n) is 7.14. The van der Waals surface area contributed by atoms with Gasteiger partial charge in [0.2, 0.25) is 0 Å². The highest BCUT2D eigenvalue weighted by Crippen LogP contribution is 2.20. The van der Waals surface area contributed by atoms with E-state index >= 15 is 0 Å². The third-order valence-electron chi connectivity index (χ3n) is 3.69. The lowest BCUT2D eigenvalue weighted by Crippen LogP contribution is -2.15. The van der Waals surface area contributed by atoms with Gasteiger partial charge in [-0.3, -0.25) is 14.8 Å². The number of carbonyl (C=O) groups excluding carboxylic acids is 1. The van der Waals surface area contributed by atoms with Crippen LogP contribution in [0, 0.1) is 20.8 Å². The van der Waals surface area contributed by atoms with Gasteiger partial charge in [-0.1, -0.05) is 12.1 Å². The van der Waals surface area contributed by atoms with E-state index < -0.39 is 0 Å². The Morgan fingerprint density at radius 3 is 2.73 bits per heavy atom. The lowest BCUT2D eigenvalue weighted by atomic mass is 10.1. The summed E-state index contributed by atoms with van der Waals surface area (Å²) in [5, 5.41) is 3.83. The van der Waals surface area contributed by atoms with Gasteiger partial charge in [0, 0.05) is 23.5 Å². The summed E-state index contributed by atoms with van der Waals surface area (Å²) in [4.78, 5) is 21.1. The van der Waals surface area contributed by atoms with Crippen LogP contribution in [0.25, 0.3) is 10.9 Å². The maximum atomic E-state index is 12.6. The normalized spacial score (nSPS) is 10.7. The molecule has 0 unspecified atom stereocenters. The Kier molecular flexibility index (Phi) is 3.59. The number of aryl methyl sites for hydroxylation is 3. The van der Waals surface area contributed by atoms with Crippen LogP contribution < -0.4 is 5.32 Å². The van der Waals surface area contributed by atoms with Crippen LogP contribution in [0.5, 0.6) is 0 Å². The van der Waals surface area contributed by atoms with Crippen LogP contribution in [0.1, 0.15) is 27.2 Å². The number of nitrogens with zero attached hydrogens (tertiary/aromatic N) is 2. The molecule has 4 nitrogen and oxygen atoms in total. The standard InChI is InChI=1S/C18H17N3O/c1-11-4-5-12(2)17(8-11)21-18(22)15-9-14-10-19-7-6-16(14)20-13(15)3/h4-10H,1-3H3,(H,21,22). The van der Waals surface area contributed by atoms with Crippen molar-refractivity contribution in [3.63, 3.8) is 0 Å². The minimum absolute atomic E-state index is 0.149. The molecule has 1 N–H and O–H groups in total. The molecule has 1 amide bonds. The van der Waals surface area contributed by atoms with Gasteiger partial charge in [-0.15, -0.1) is 0 Å². The molecule has 0 fully saturated rings. The lowest BCUT2D eigenvalue weighted by Gasteiger charge is -2.11. The van der Waals surface area contributed by atoms with Gasteiger partial charge < -0.3 is 5.32 Å².